The van der Waals surface area contributed by atoms with Crippen LogP contribution in [0.5, 0.6) is 0 Å². The molecule has 0 spiro atoms. The zero-order valence-corrected chi connectivity index (χ0v) is 4.12. The van der Waals surface area contributed by atoms with E-state index in [4.69, 9.17) is 0 Å². The smallest absolute Gasteiger partial charge is 0.108 e. The van der Waals surface area contributed by atoms with Gasteiger partial charge in [0.25, 0.3) is 0 Å². The van der Waals surface area contributed by atoms with Crippen LogP contribution in [0.3, 0.4) is 0 Å². The molecule has 0 bridgehead atoms. The van der Waals surface area contributed by atoms with Crippen LogP contribution in [-0.4, -0.2) is 19.6 Å². The Kier molecular flexibility index (Phi) is 3.17. The lowest BCUT2D eigenvalue weighted by atomic mass is 11.7. The Hall–Kier alpha value is -0.680. The largest absolute Gasteiger partial charge is 0.233 e. The van der Waals surface area contributed by atoms with Gasteiger partial charge in [-0.05, 0) is 0 Å². The van der Waals surface area contributed by atoms with Gasteiger partial charge in [-0.2, -0.15) is 0 Å². The molecule has 42 valence electrons. The van der Waals surface area contributed by atoms with Gasteiger partial charge in [-0.15, -0.1) is 4.91 Å². The van der Waals surface area contributed by atoms with Crippen molar-refractivity contribution >= 4 is 0 Å². The highest BCUT2D eigenvalue weighted by atomic mass is 17.0. The van der Waals surface area contributed by atoms with Crippen LogP contribution in [0.15, 0.2) is 5.29 Å². The second-order valence-electron chi connectivity index (χ2n) is 0.685. The zero-order chi connectivity index (χ0) is 5.70. The van der Waals surface area contributed by atoms with Gasteiger partial charge in [0, 0.05) is 5.34 Å². The van der Waals surface area contributed by atoms with Crippen LogP contribution >= 0.6 is 0 Å². The van der Waals surface area contributed by atoms with E-state index in [9.17, 15) is 4.91 Å². The fourth-order valence-electron chi connectivity index (χ4n) is 0.141. The first-order chi connectivity index (χ1) is 3.35. The molecule has 5 heteroatoms. The highest BCUT2D eigenvalue weighted by Gasteiger charge is 1.91. The summed E-state index contributed by atoms with van der Waals surface area (Å²) in [4.78, 5) is 17.8. The maximum atomic E-state index is 9.39. The molecule has 0 aliphatic heterocycles. The van der Waals surface area contributed by atoms with Crippen molar-refractivity contribution in [2.75, 3.05) is 14.2 Å². The van der Waals surface area contributed by atoms with Crippen molar-refractivity contribution in [2.45, 2.75) is 0 Å². The standard InChI is InChI=1S/C2H6N2O3/c1-6-4(3-5)7-2/h1-2H3. The monoisotopic (exact) mass is 106 g/mol. The summed E-state index contributed by atoms with van der Waals surface area (Å²) in [5.74, 6) is 0. The number of nitrogens with zero attached hydrogens (tertiary/aromatic N) is 2. The van der Waals surface area contributed by atoms with Gasteiger partial charge in [0.2, 0.25) is 0 Å². The molecule has 0 fully saturated rings. The van der Waals surface area contributed by atoms with Crippen molar-refractivity contribution in [2.24, 2.45) is 5.29 Å². The predicted molar refractivity (Wildman–Crippen MR) is 21.7 cm³/mol. The zero-order valence-electron chi connectivity index (χ0n) is 4.12. The molecule has 0 heterocycles. The minimum Gasteiger partial charge on any atom is -0.233 e. The van der Waals surface area contributed by atoms with Crippen molar-refractivity contribution in [1.29, 1.82) is 0 Å². The Balaban J connectivity index is 3.16. The minimum absolute atomic E-state index is 0.444. The Morgan fingerprint density at radius 2 is 1.86 bits per heavy atom. The van der Waals surface area contributed by atoms with Crippen molar-refractivity contribution < 1.29 is 9.68 Å². The van der Waals surface area contributed by atoms with Gasteiger partial charge in [0.15, 0.2) is 0 Å². The molecule has 5 nitrogen and oxygen atoms in total. The molecule has 7 heavy (non-hydrogen) atoms. The van der Waals surface area contributed by atoms with Gasteiger partial charge in [0.1, 0.15) is 5.29 Å². The molecule has 0 saturated heterocycles. The van der Waals surface area contributed by atoms with E-state index in [1.807, 2.05) is 0 Å². The van der Waals surface area contributed by atoms with E-state index in [1.54, 1.807) is 0 Å². The van der Waals surface area contributed by atoms with E-state index in [-0.39, 0.29) is 0 Å². The molecule has 0 aliphatic rings. The third-order valence-corrected chi connectivity index (χ3v) is 0.379. The van der Waals surface area contributed by atoms with Gasteiger partial charge in [-0.3, -0.25) is 0 Å². The molecular formula is C2H6N2O3. The molecule has 0 atom stereocenters. The topological polar surface area (TPSA) is 51.1 Å². The van der Waals surface area contributed by atoms with Gasteiger partial charge >= 0.3 is 0 Å². The van der Waals surface area contributed by atoms with Crippen molar-refractivity contribution in [1.82, 2.24) is 5.34 Å². The maximum absolute atomic E-state index is 9.39. The molecule has 0 aliphatic carbocycles. The Bertz CT molecular complexity index is 52.9. The van der Waals surface area contributed by atoms with Gasteiger partial charge in [-0.25, -0.2) is 9.68 Å². The predicted octanol–water partition coefficient (Wildman–Crippen LogP) is 0.0926. The van der Waals surface area contributed by atoms with Gasteiger partial charge in [0.05, 0.1) is 14.2 Å². The normalized spacial score (nSPS) is 8.29. The Morgan fingerprint density at radius 3 is 1.86 bits per heavy atom. The van der Waals surface area contributed by atoms with E-state index < -0.39 is 0 Å². The number of hydrogen-bond donors (Lipinski definition) is 0. The van der Waals surface area contributed by atoms with Crippen molar-refractivity contribution in [3.8, 4) is 0 Å². The molecule has 0 N–H and O–H groups in total. The maximum Gasteiger partial charge on any atom is 0.108 e. The summed E-state index contributed by atoms with van der Waals surface area (Å²) >= 11 is 0. The SMILES string of the molecule is CON(N=O)OC. The van der Waals surface area contributed by atoms with Crippen LogP contribution in [0, 0.1) is 4.91 Å². The molecule has 0 radical (unpaired) electrons. The van der Waals surface area contributed by atoms with E-state index in [0.29, 0.717) is 5.34 Å². The third-order valence-electron chi connectivity index (χ3n) is 0.379. The van der Waals surface area contributed by atoms with Crippen LogP contribution in [0.1, 0.15) is 0 Å². The molecule has 0 rings (SSSR count). The second kappa shape index (κ2) is 3.51. The first-order valence-corrected chi connectivity index (χ1v) is 1.56. The van der Waals surface area contributed by atoms with Crippen LogP contribution in [0.25, 0.3) is 0 Å². The fourth-order valence-corrected chi connectivity index (χ4v) is 0.141. The highest BCUT2D eigenvalue weighted by Crippen LogP contribution is 1.83. The number of nitroso groups, excluding NO2 is 1. The average Bonchev–Trinajstić information content (AvgIpc) is 1.72. The third kappa shape index (κ3) is 2.07. The number of rotatable bonds is 3. The van der Waals surface area contributed by atoms with E-state index in [1.165, 1.54) is 14.2 Å². The summed E-state index contributed by atoms with van der Waals surface area (Å²) < 4.78 is 0. The lowest BCUT2D eigenvalue weighted by Gasteiger charge is -2.03. The molecular weight excluding hydrogens is 100 g/mol. The lowest BCUT2D eigenvalue weighted by Crippen LogP contribution is -2.11. The first kappa shape index (κ1) is 6.32. The van der Waals surface area contributed by atoms with Crippen LogP contribution < -0.4 is 0 Å². The summed E-state index contributed by atoms with van der Waals surface area (Å²) in [6, 6.07) is 0. The summed E-state index contributed by atoms with van der Waals surface area (Å²) in [5, 5.41) is 2.71. The van der Waals surface area contributed by atoms with Crippen molar-refractivity contribution in [3.05, 3.63) is 4.91 Å². The fraction of sp³-hybridized carbons (Fsp3) is 1.00. The highest BCUT2D eigenvalue weighted by molar-refractivity contribution is 4.02. The first-order valence-electron chi connectivity index (χ1n) is 1.56. The van der Waals surface area contributed by atoms with Crippen LogP contribution in [0.2, 0.25) is 0 Å². The summed E-state index contributed by atoms with van der Waals surface area (Å²) in [5.41, 5.74) is 0. The summed E-state index contributed by atoms with van der Waals surface area (Å²) in [6.07, 6.45) is 0. The van der Waals surface area contributed by atoms with Crippen LogP contribution in [0.4, 0.5) is 0 Å². The Morgan fingerprint density at radius 1 is 1.43 bits per heavy atom. The lowest BCUT2D eigenvalue weighted by molar-refractivity contribution is -0.345. The molecule has 0 saturated carbocycles. The van der Waals surface area contributed by atoms with E-state index in [0.717, 1.165) is 0 Å². The quantitative estimate of drug-likeness (QED) is 0.378. The second-order valence-corrected chi connectivity index (χ2v) is 0.685. The van der Waals surface area contributed by atoms with Gasteiger partial charge < -0.3 is 0 Å². The molecule has 0 unspecified atom stereocenters. The minimum atomic E-state index is 0.444. The molecule has 0 aromatic heterocycles. The number of hydrogen-bond acceptors (Lipinski definition) is 4. The van der Waals surface area contributed by atoms with Crippen molar-refractivity contribution in [3.63, 3.8) is 0 Å². The van der Waals surface area contributed by atoms with E-state index >= 15 is 0 Å². The molecule has 0 amide bonds. The summed E-state index contributed by atoms with van der Waals surface area (Å²) in [7, 11) is 2.54. The van der Waals surface area contributed by atoms with Gasteiger partial charge in [-0.1, -0.05) is 0 Å². The molecule has 0 aromatic rings. The van der Waals surface area contributed by atoms with Crippen LogP contribution in [-0.2, 0) is 9.68 Å². The summed E-state index contributed by atoms with van der Waals surface area (Å²) in [6.45, 7) is 0. The average molecular weight is 106 g/mol. The Labute approximate surface area is 40.7 Å². The molecule has 0 aromatic carbocycles. The van der Waals surface area contributed by atoms with E-state index in [2.05, 4.69) is 15.0 Å².